The van der Waals surface area contributed by atoms with Gasteiger partial charge in [-0.05, 0) is 32.7 Å². The molecule has 6 heteroatoms. The van der Waals surface area contributed by atoms with Gasteiger partial charge in [0.15, 0.2) is 9.84 Å². The Bertz CT molecular complexity index is 403. The van der Waals surface area contributed by atoms with Crippen LogP contribution in [0.15, 0.2) is 0 Å². The summed E-state index contributed by atoms with van der Waals surface area (Å²) in [6.07, 6.45) is 4.04. The zero-order valence-corrected chi connectivity index (χ0v) is 12.8. The predicted octanol–water partition coefficient (Wildman–Crippen LogP) is 0.593. The minimum Gasteiger partial charge on any atom is -0.378 e. The van der Waals surface area contributed by atoms with E-state index >= 15 is 0 Å². The maximum atomic E-state index is 11.8. The van der Waals surface area contributed by atoms with Gasteiger partial charge in [0.2, 0.25) is 0 Å². The predicted molar refractivity (Wildman–Crippen MR) is 74.0 cm³/mol. The highest BCUT2D eigenvalue weighted by Gasteiger charge is 2.44. The van der Waals surface area contributed by atoms with Crippen molar-refractivity contribution in [2.75, 3.05) is 33.1 Å². The lowest BCUT2D eigenvalue weighted by Crippen LogP contribution is -2.51. The molecule has 4 unspecified atom stereocenters. The summed E-state index contributed by atoms with van der Waals surface area (Å²) in [5.74, 6) is 0.324. The second kappa shape index (κ2) is 5.68. The van der Waals surface area contributed by atoms with Crippen LogP contribution in [0, 0.1) is 5.92 Å². The number of ether oxygens (including phenoxy) is 2. The van der Waals surface area contributed by atoms with Crippen LogP contribution in [0.2, 0.25) is 0 Å². The Labute approximate surface area is 116 Å². The van der Waals surface area contributed by atoms with Gasteiger partial charge in [-0.2, -0.15) is 0 Å². The van der Waals surface area contributed by atoms with E-state index < -0.39 is 9.84 Å². The molecule has 0 radical (unpaired) electrons. The monoisotopic (exact) mass is 291 g/mol. The Morgan fingerprint density at radius 1 is 1.37 bits per heavy atom. The van der Waals surface area contributed by atoms with Gasteiger partial charge in [-0.15, -0.1) is 0 Å². The summed E-state index contributed by atoms with van der Waals surface area (Å²) in [5, 5.41) is 2.83. The first-order valence-electron chi connectivity index (χ1n) is 6.96. The fraction of sp³-hybridized carbons (Fsp3) is 1.00. The normalized spacial score (nSPS) is 35.4. The van der Waals surface area contributed by atoms with Gasteiger partial charge < -0.3 is 14.8 Å². The minimum absolute atomic E-state index is 0.0172. The molecule has 4 atom stereocenters. The number of hydrogen-bond donors (Lipinski definition) is 1. The summed E-state index contributed by atoms with van der Waals surface area (Å²) >= 11 is 0. The molecule has 0 aromatic carbocycles. The van der Waals surface area contributed by atoms with Gasteiger partial charge in [-0.3, -0.25) is 0 Å². The van der Waals surface area contributed by atoms with E-state index in [0.717, 1.165) is 25.9 Å². The standard InChI is InChI=1S/C13H25NO4S/c1-10(19(3,15)16)12(14-2)11-4-6-18-13(8-11)5-7-17-9-13/h10-12,14H,4-9H2,1-3H3. The molecule has 2 rings (SSSR count). The highest BCUT2D eigenvalue weighted by atomic mass is 32.2. The van der Waals surface area contributed by atoms with Gasteiger partial charge in [0, 0.05) is 31.9 Å². The topological polar surface area (TPSA) is 64.6 Å². The summed E-state index contributed by atoms with van der Waals surface area (Å²) in [7, 11) is -1.19. The smallest absolute Gasteiger partial charge is 0.151 e. The molecule has 0 saturated carbocycles. The lowest BCUT2D eigenvalue weighted by Gasteiger charge is -2.41. The molecular weight excluding hydrogens is 266 g/mol. The number of nitrogens with one attached hydrogen (secondary N) is 1. The fourth-order valence-corrected chi connectivity index (χ4v) is 4.25. The molecule has 5 nitrogen and oxygen atoms in total. The van der Waals surface area contributed by atoms with Crippen molar-refractivity contribution in [2.24, 2.45) is 5.92 Å². The first-order chi connectivity index (χ1) is 8.88. The molecule has 2 aliphatic rings. The van der Waals surface area contributed by atoms with Crippen molar-refractivity contribution in [3.05, 3.63) is 0 Å². The molecule has 0 bridgehead atoms. The largest absolute Gasteiger partial charge is 0.378 e. The molecule has 2 fully saturated rings. The zero-order valence-electron chi connectivity index (χ0n) is 12.0. The van der Waals surface area contributed by atoms with Gasteiger partial charge in [0.05, 0.1) is 17.5 Å². The van der Waals surface area contributed by atoms with Crippen LogP contribution in [-0.4, -0.2) is 58.4 Å². The average Bonchev–Trinajstić information content (AvgIpc) is 2.77. The number of sulfone groups is 1. The lowest BCUT2D eigenvalue weighted by atomic mass is 9.80. The second-order valence-corrected chi connectivity index (χ2v) is 8.34. The quantitative estimate of drug-likeness (QED) is 0.821. The molecule has 2 heterocycles. The van der Waals surface area contributed by atoms with Gasteiger partial charge in [-0.1, -0.05) is 0 Å². The third-order valence-corrected chi connectivity index (χ3v) is 6.26. The Morgan fingerprint density at radius 2 is 2.11 bits per heavy atom. The van der Waals surface area contributed by atoms with Crippen LogP contribution in [0.3, 0.4) is 0 Å². The molecule has 0 aliphatic carbocycles. The summed E-state index contributed by atoms with van der Waals surface area (Å²) < 4.78 is 35.0. The van der Waals surface area contributed by atoms with E-state index in [1.165, 1.54) is 6.26 Å². The van der Waals surface area contributed by atoms with Crippen LogP contribution in [0.1, 0.15) is 26.2 Å². The molecule has 112 valence electrons. The van der Waals surface area contributed by atoms with E-state index in [9.17, 15) is 8.42 Å². The van der Waals surface area contributed by atoms with Crippen LogP contribution in [0.4, 0.5) is 0 Å². The Hall–Kier alpha value is -0.170. The van der Waals surface area contributed by atoms with Gasteiger partial charge in [0.25, 0.3) is 0 Å². The minimum atomic E-state index is -3.03. The van der Waals surface area contributed by atoms with Crippen LogP contribution in [-0.2, 0) is 19.3 Å². The number of hydrogen-bond acceptors (Lipinski definition) is 5. The van der Waals surface area contributed by atoms with Crippen molar-refractivity contribution in [1.82, 2.24) is 5.32 Å². The molecule has 1 N–H and O–H groups in total. The Balaban J connectivity index is 2.10. The zero-order chi connectivity index (χ0) is 14.1. The molecule has 0 amide bonds. The van der Waals surface area contributed by atoms with Crippen molar-refractivity contribution in [1.29, 1.82) is 0 Å². The van der Waals surface area contributed by atoms with Crippen molar-refractivity contribution < 1.29 is 17.9 Å². The fourth-order valence-electron chi connectivity index (χ4n) is 3.36. The maximum Gasteiger partial charge on any atom is 0.151 e. The van der Waals surface area contributed by atoms with Crippen molar-refractivity contribution >= 4 is 9.84 Å². The Kier molecular flexibility index (Phi) is 4.55. The van der Waals surface area contributed by atoms with Crippen LogP contribution >= 0.6 is 0 Å². The van der Waals surface area contributed by atoms with Crippen LogP contribution in [0.5, 0.6) is 0 Å². The van der Waals surface area contributed by atoms with Crippen molar-refractivity contribution in [2.45, 2.75) is 43.1 Å². The van der Waals surface area contributed by atoms with Crippen LogP contribution < -0.4 is 5.32 Å². The molecule has 0 aromatic heterocycles. The van der Waals surface area contributed by atoms with E-state index in [1.54, 1.807) is 6.92 Å². The molecule has 0 aromatic rings. The maximum absolute atomic E-state index is 11.8. The summed E-state index contributed by atoms with van der Waals surface area (Å²) in [6.45, 7) is 3.89. The third kappa shape index (κ3) is 3.29. The Morgan fingerprint density at radius 3 is 2.63 bits per heavy atom. The number of rotatable bonds is 4. The molecule has 1 spiro atoms. The second-order valence-electron chi connectivity index (χ2n) is 5.94. The van der Waals surface area contributed by atoms with Crippen LogP contribution in [0.25, 0.3) is 0 Å². The molecule has 2 aliphatic heterocycles. The van der Waals surface area contributed by atoms with E-state index in [1.807, 2.05) is 7.05 Å². The first-order valence-corrected chi connectivity index (χ1v) is 8.91. The SMILES string of the molecule is CNC(C1CCOC2(CCOC2)C1)C(C)S(C)(=O)=O. The van der Waals surface area contributed by atoms with Gasteiger partial charge >= 0.3 is 0 Å². The lowest BCUT2D eigenvalue weighted by molar-refractivity contribution is -0.102. The average molecular weight is 291 g/mol. The summed E-state index contributed by atoms with van der Waals surface area (Å²) in [6, 6.07) is -0.0172. The van der Waals surface area contributed by atoms with E-state index in [4.69, 9.17) is 9.47 Å². The van der Waals surface area contributed by atoms with Gasteiger partial charge in [-0.25, -0.2) is 8.42 Å². The first kappa shape index (κ1) is 15.2. The highest BCUT2D eigenvalue weighted by Crippen LogP contribution is 2.38. The van der Waals surface area contributed by atoms with Crippen molar-refractivity contribution in [3.63, 3.8) is 0 Å². The summed E-state index contributed by atoms with van der Waals surface area (Å²) in [4.78, 5) is 0. The van der Waals surface area contributed by atoms with E-state index in [2.05, 4.69) is 5.32 Å². The highest BCUT2D eigenvalue weighted by molar-refractivity contribution is 7.91. The molecular formula is C13H25NO4S. The molecule has 2 saturated heterocycles. The third-order valence-electron chi connectivity index (χ3n) is 4.62. The van der Waals surface area contributed by atoms with Crippen molar-refractivity contribution in [3.8, 4) is 0 Å². The van der Waals surface area contributed by atoms with Gasteiger partial charge in [0.1, 0.15) is 0 Å². The van der Waals surface area contributed by atoms with E-state index in [-0.39, 0.29) is 16.9 Å². The summed E-state index contributed by atoms with van der Waals surface area (Å²) in [5.41, 5.74) is -0.171. The molecule has 19 heavy (non-hydrogen) atoms. The van der Waals surface area contributed by atoms with E-state index in [0.29, 0.717) is 19.1 Å².